The number of nitriles is 1. The largest absolute Gasteiger partial charge is 0.239 e. The van der Waals surface area contributed by atoms with Crippen LogP contribution in [0.1, 0.15) is 6.92 Å². The lowest BCUT2D eigenvalue weighted by atomic mass is 10.5. The molecule has 0 heterocycles. The first-order chi connectivity index (χ1) is 2.27. The van der Waals surface area contributed by atoms with Gasteiger partial charge in [-0.1, -0.05) is 0 Å². The highest BCUT2D eigenvalue weighted by molar-refractivity contribution is 4.95. The molecule has 5 heavy (non-hydrogen) atoms. The summed E-state index contributed by atoms with van der Waals surface area (Å²) in [4.78, 5) is 0. The van der Waals surface area contributed by atoms with Crippen LogP contribution in [0.15, 0.2) is 0 Å². The molecule has 0 aliphatic carbocycles. The van der Waals surface area contributed by atoms with Gasteiger partial charge in [0.25, 0.3) is 0 Å². The molecule has 0 unspecified atom stereocenters. The Labute approximate surface area is 30.0 Å². The minimum Gasteiger partial charge on any atom is -0.223 e. The zero-order valence-electron chi connectivity index (χ0n) is 2.83. The van der Waals surface area contributed by atoms with Crippen LogP contribution in [0, 0.1) is 17.5 Å². The first-order valence-corrected chi connectivity index (χ1v) is 1.16. The Morgan fingerprint density at radius 2 is 2.20 bits per heavy atom. The molecule has 27 valence electrons. The second kappa shape index (κ2) is 1.71. The maximum absolute atomic E-state index is 11.0. The third-order valence-electron chi connectivity index (χ3n) is 0.154. The van der Waals surface area contributed by atoms with Gasteiger partial charge in [-0.2, -0.15) is 5.26 Å². The normalized spacial score (nSPS) is 7.60. The van der Waals surface area contributed by atoms with E-state index in [4.69, 9.17) is 5.26 Å². The minimum atomic E-state index is -0.690. The van der Waals surface area contributed by atoms with Gasteiger partial charge in [0, 0.05) is 0 Å². The fourth-order valence-electron chi connectivity index (χ4n) is 0. The van der Waals surface area contributed by atoms with Gasteiger partial charge in [-0.05, 0) is 6.92 Å². The molecule has 0 aromatic carbocycles. The highest BCUT2D eigenvalue weighted by atomic mass is 19.1. The minimum absolute atomic E-state index is 0.690. The zero-order valence-corrected chi connectivity index (χ0v) is 2.83. The standard InChI is InChI=1S/C3H3FN/c1-3(4)2-5/h1H3. The van der Waals surface area contributed by atoms with Crippen LogP contribution < -0.4 is 0 Å². The SMILES string of the molecule is C[C](F)C#N. The highest BCUT2D eigenvalue weighted by Gasteiger charge is 1.87. The number of rotatable bonds is 0. The highest BCUT2D eigenvalue weighted by Crippen LogP contribution is 1.90. The van der Waals surface area contributed by atoms with Crippen LogP contribution in [0.2, 0.25) is 0 Å². The predicted molar refractivity (Wildman–Crippen MR) is 15.6 cm³/mol. The summed E-state index contributed by atoms with van der Waals surface area (Å²) in [5.41, 5.74) is 0. The molecular formula is C3H3FN. The molecule has 0 N–H and O–H groups in total. The first kappa shape index (κ1) is 4.42. The van der Waals surface area contributed by atoms with E-state index in [9.17, 15) is 4.39 Å². The third kappa shape index (κ3) is 3.42. The monoisotopic (exact) mass is 72.0 g/mol. The Kier molecular flexibility index (Phi) is 1.51. The zero-order chi connectivity index (χ0) is 4.28. The number of halogens is 1. The van der Waals surface area contributed by atoms with Crippen molar-refractivity contribution in [2.24, 2.45) is 0 Å². The average molecular weight is 72.1 g/mol. The summed E-state index contributed by atoms with van der Waals surface area (Å²) in [6, 6.07) is 1.28. The summed E-state index contributed by atoms with van der Waals surface area (Å²) >= 11 is 0. The molecule has 0 fully saturated rings. The third-order valence-corrected chi connectivity index (χ3v) is 0.154. The van der Waals surface area contributed by atoms with Gasteiger partial charge in [0.1, 0.15) is 6.07 Å². The molecule has 0 saturated heterocycles. The van der Waals surface area contributed by atoms with Crippen molar-refractivity contribution in [2.45, 2.75) is 6.92 Å². The van der Waals surface area contributed by atoms with Crippen LogP contribution in [0.5, 0.6) is 0 Å². The van der Waals surface area contributed by atoms with E-state index >= 15 is 0 Å². The van der Waals surface area contributed by atoms with Gasteiger partial charge < -0.3 is 0 Å². The molecule has 0 amide bonds. The number of hydrogen-bond acceptors (Lipinski definition) is 1. The Morgan fingerprint density at radius 1 is 2.00 bits per heavy atom. The van der Waals surface area contributed by atoms with E-state index in [0.29, 0.717) is 0 Å². The molecule has 0 aliphatic rings. The second-order valence-electron chi connectivity index (χ2n) is 0.645. The lowest BCUT2D eigenvalue weighted by Gasteiger charge is -1.68. The van der Waals surface area contributed by atoms with Crippen molar-refractivity contribution >= 4 is 0 Å². The van der Waals surface area contributed by atoms with Crippen LogP contribution in [0.4, 0.5) is 4.39 Å². The van der Waals surface area contributed by atoms with E-state index in [1.165, 1.54) is 6.07 Å². The van der Waals surface area contributed by atoms with E-state index in [1.807, 2.05) is 0 Å². The maximum atomic E-state index is 11.0. The maximum Gasteiger partial charge on any atom is 0.239 e. The molecule has 1 nitrogen and oxygen atoms in total. The average Bonchev–Trinajstić information content (AvgIpc) is 1.38. The lowest BCUT2D eigenvalue weighted by Crippen LogP contribution is -1.65. The first-order valence-electron chi connectivity index (χ1n) is 1.16. The van der Waals surface area contributed by atoms with Gasteiger partial charge in [0.15, 0.2) is 0 Å². The van der Waals surface area contributed by atoms with Crippen LogP contribution in [0.3, 0.4) is 0 Å². The summed E-state index contributed by atoms with van der Waals surface area (Å²) in [6.45, 7) is 1.11. The van der Waals surface area contributed by atoms with E-state index in [0.717, 1.165) is 6.92 Å². The quantitative estimate of drug-likeness (QED) is 0.419. The molecule has 0 bridgehead atoms. The van der Waals surface area contributed by atoms with Crippen molar-refractivity contribution in [1.82, 2.24) is 0 Å². The van der Waals surface area contributed by atoms with Crippen LogP contribution in [-0.4, -0.2) is 0 Å². The fraction of sp³-hybridized carbons (Fsp3) is 0.333. The van der Waals surface area contributed by atoms with Crippen LogP contribution in [0.25, 0.3) is 0 Å². The topological polar surface area (TPSA) is 23.8 Å². The Hall–Kier alpha value is -0.580. The van der Waals surface area contributed by atoms with Crippen molar-refractivity contribution in [1.29, 1.82) is 5.26 Å². The van der Waals surface area contributed by atoms with Crippen molar-refractivity contribution in [3.63, 3.8) is 0 Å². The molecule has 0 saturated carbocycles. The molecule has 0 aliphatic heterocycles. The van der Waals surface area contributed by atoms with Gasteiger partial charge >= 0.3 is 0 Å². The molecule has 0 aromatic rings. The molecule has 0 spiro atoms. The van der Waals surface area contributed by atoms with Gasteiger partial charge in [0.2, 0.25) is 6.17 Å². The molecule has 0 atom stereocenters. The van der Waals surface area contributed by atoms with Gasteiger partial charge in [0.05, 0.1) is 0 Å². The predicted octanol–water partition coefficient (Wildman–Crippen LogP) is 1.03. The lowest BCUT2D eigenvalue weighted by molar-refractivity contribution is 0.564. The Balaban J connectivity index is 2.94. The summed E-state index contributed by atoms with van der Waals surface area (Å²) in [7, 11) is 0. The van der Waals surface area contributed by atoms with Crippen molar-refractivity contribution in [3.05, 3.63) is 6.17 Å². The van der Waals surface area contributed by atoms with Crippen molar-refractivity contribution < 1.29 is 4.39 Å². The van der Waals surface area contributed by atoms with Gasteiger partial charge in [-0.25, -0.2) is 4.39 Å². The summed E-state index contributed by atoms with van der Waals surface area (Å²) in [6.07, 6.45) is -0.690. The number of hydrogen-bond donors (Lipinski definition) is 0. The van der Waals surface area contributed by atoms with Gasteiger partial charge in [-0.15, -0.1) is 0 Å². The summed E-state index contributed by atoms with van der Waals surface area (Å²) in [5, 5.41) is 7.48. The van der Waals surface area contributed by atoms with E-state index in [2.05, 4.69) is 0 Å². The number of nitrogens with zero attached hydrogens (tertiary/aromatic N) is 1. The van der Waals surface area contributed by atoms with E-state index in [-0.39, 0.29) is 0 Å². The Morgan fingerprint density at radius 3 is 2.20 bits per heavy atom. The van der Waals surface area contributed by atoms with Crippen molar-refractivity contribution in [3.8, 4) is 6.07 Å². The summed E-state index contributed by atoms with van der Waals surface area (Å²) in [5.74, 6) is 0. The molecule has 2 heteroatoms. The van der Waals surface area contributed by atoms with Crippen LogP contribution in [-0.2, 0) is 0 Å². The van der Waals surface area contributed by atoms with Crippen molar-refractivity contribution in [2.75, 3.05) is 0 Å². The molecular weight excluding hydrogens is 69.0 g/mol. The van der Waals surface area contributed by atoms with Gasteiger partial charge in [-0.3, -0.25) is 0 Å². The van der Waals surface area contributed by atoms with Crippen LogP contribution >= 0.6 is 0 Å². The fourth-order valence-corrected chi connectivity index (χ4v) is 0. The smallest absolute Gasteiger partial charge is 0.223 e. The summed E-state index contributed by atoms with van der Waals surface area (Å²) < 4.78 is 11.0. The second-order valence-corrected chi connectivity index (χ2v) is 0.645. The Bertz CT molecular complexity index is 52.4. The van der Waals surface area contributed by atoms with E-state index < -0.39 is 6.17 Å². The van der Waals surface area contributed by atoms with E-state index in [1.54, 1.807) is 0 Å². The molecule has 0 rings (SSSR count). The molecule has 1 radical (unpaired) electrons. The molecule has 0 aromatic heterocycles.